The first-order chi connectivity index (χ1) is 6.75. The van der Waals surface area contributed by atoms with Gasteiger partial charge in [-0.25, -0.2) is 14.6 Å². The molecule has 0 bridgehead atoms. The molecule has 0 aliphatic carbocycles. The molecule has 0 unspecified atom stereocenters. The van der Waals surface area contributed by atoms with Crippen LogP contribution in [0.2, 0.25) is 0 Å². The maximum atomic E-state index is 5.40. The number of nitrogens with two attached hydrogens (primary N) is 1. The molecule has 6 nitrogen and oxygen atoms in total. The van der Waals surface area contributed by atoms with E-state index in [9.17, 15) is 0 Å². The Balaban J connectivity index is 1.98. The van der Waals surface area contributed by atoms with E-state index in [-0.39, 0.29) is 0 Å². The Morgan fingerprint density at radius 3 is 2.79 bits per heavy atom. The van der Waals surface area contributed by atoms with E-state index in [2.05, 4.69) is 19.6 Å². The topological polar surface area (TPSA) is 74.5 Å². The maximum absolute atomic E-state index is 5.40. The number of nitrogen functional groups attached to an aromatic ring is 1. The molecule has 74 valence electrons. The van der Waals surface area contributed by atoms with Gasteiger partial charge in [0.25, 0.3) is 0 Å². The first-order valence-corrected chi connectivity index (χ1v) is 4.38. The van der Waals surface area contributed by atoms with Crippen LogP contribution in [0, 0.1) is 6.92 Å². The van der Waals surface area contributed by atoms with E-state index >= 15 is 0 Å². The summed E-state index contributed by atoms with van der Waals surface area (Å²) in [6.07, 6.45) is 5.35. The minimum atomic E-state index is 0.312. The van der Waals surface area contributed by atoms with Gasteiger partial charge in [-0.3, -0.25) is 0 Å². The number of aromatic nitrogens is 5. The molecule has 2 aromatic rings. The fraction of sp³-hybridized carbons (Fsp3) is 0.375. The average molecular weight is 192 g/mol. The van der Waals surface area contributed by atoms with E-state index in [1.165, 1.54) is 0 Å². The molecule has 0 aromatic carbocycles. The van der Waals surface area contributed by atoms with Gasteiger partial charge in [-0.05, 0) is 6.92 Å². The number of hydrogen-bond acceptors (Lipinski definition) is 4. The second-order valence-electron chi connectivity index (χ2n) is 3.03. The molecule has 0 aliphatic rings. The summed E-state index contributed by atoms with van der Waals surface area (Å²) in [5.41, 5.74) is 5.40. The maximum Gasteiger partial charge on any atom is 0.239 e. The van der Waals surface area contributed by atoms with Crippen LogP contribution >= 0.6 is 0 Å². The Bertz CT molecular complexity index is 415. The van der Waals surface area contributed by atoms with Crippen LogP contribution in [0.4, 0.5) is 5.95 Å². The van der Waals surface area contributed by atoms with Gasteiger partial charge in [0.15, 0.2) is 0 Å². The van der Waals surface area contributed by atoms with Crippen molar-refractivity contribution in [3.05, 3.63) is 24.5 Å². The van der Waals surface area contributed by atoms with Crippen molar-refractivity contribution in [1.82, 2.24) is 24.3 Å². The number of aryl methyl sites for hydroxylation is 3. The first kappa shape index (κ1) is 8.74. The Hall–Kier alpha value is -1.85. The van der Waals surface area contributed by atoms with Crippen LogP contribution < -0.4 is 5.73 Å². The van der Waals surface area contributed by atoms with Crippen LogP contribution in [0.15, 0.2) is 18.7 Å². The van der Waals surface area contributed by atoms with Crippen LogP contribution in [0.25, 0.3) is 0 Å². The molecule has 2 aromatic heterocycles. The summed E-state index contributed by atoms with van der Waals surface area (Å²) in [4.78, 5) is 7.97. The van der Waals surface area contributed by atoms with Crippen molar-refractivity contribution in [2.75, 3.05) is 5.73 Å². The molecule has 2 rings (SSSR count). The van der Waals surface area contributed by atoms with Crippen LogP contribution in [-0.2, 0) is 13.1 Å². The Morgan fingerprint density at radius 2 is 2.21 bits per heavy atom. The molecule has 0 spiro atoms. The van der Waals surface area contributed by atoms with E-state index in [0.717, 1.165) is 18.9 Å². The average Bonchev–Trinajstić information content (AvgIpc) is 2.72. The molecule has 6 heteroatoms. The van der Waals surface area contributed by atoms with Crippen molar-refractivity contribution in [2.24, 2.45) is 0 Å². The van der Waals surface area contributed by atoms with Gasteiger partial charge in [0.05, 0.1) is 6.54 Å². The molecule has 14 heavy (non-hydrogen) atoms. The fourth-order valence-electron chi connectivity index (χ4n) is 1.27. The van der Waals surface area contributed by atoms with Crippen molar-refractivity contribution >= 4 is 5.95 Å². The summed E-state index contributed by atoms with van der Waals surface area (Å²) in [5, 5.41) is 3.99. The standard InChI is InChI=1S/C8H12N6/c1-7-10-2-3-13(7)4-5-14-6-11-8(9)12-14/h2-3,6H,4-5H2,1H3,(H2,9,12). The zero-order valence-electron chi connectivity index (χ0n) is 7.96. The van der Waals surface area contributed by atoms with E-state index in [0.29, 0.717) is 5.95 Å². The monoisotopic (exact) mass is 192 g/mol. The summed E-state index contributed by atoms with van der Waals surface area (Å²) >= 11 is 0. The summed E-state index contributed by atoms with van der Waals surface area (Å²) in [7, 11) is 0. The lowest BCUT2D eigenvalue weighted by Crippen LogP contribution is -2.08. The van der Waals surface area contributed by atoms with Gasteiger partial charge >= 0.3 is 0 Å². The lowest BCUT2D eigenvalue weighted by Gasteiger charge is -2.03. The fourth-order valence-corrected chi connectivity index (χ4v) is 1.27. The van der Waals surface area contributed by atoms with Crippen LogP contribution in [0.3, 0.4) is 0 Å². The van der Waals surface area contributed by atoms with Crippen LogP contribution in [0.1, 0.15) is 5.82 Å². The highest BCUT2D eigenvalue weighted by molar-refractivity contribution is 5.09. The van der Waals surface area contributed by atoms with Crippen LogP contribution in [-0.4, -0.2) is 24.3 Å². The molecule has 2 heterocycles. The number of imidazole rings is 1. The zero-order chi connectivity index (χ0) is 9.97. The molecule has 0 radical (unpaired) electrons. The summed E-state index contributed by atoms with van der Waals surface area (Å²) in [6.45, 7) is 3.55. The van der Waals surface area contributed by atoms with Crippen molar-refractivity contribution in [2.45, 2.75) is 20.0 Å². The molecule has 0 saturated heterocycles. The van der Waals surface area contributed by atoms with Gasteiger partial charge < -0.3 is 10.3 Å². The quantitative estimate of drug-likeness (QED) is 0.746. The van der Waals surface area contributed by atoms with Crippen molar-refractivity contribution in [3.63, 3.8) is 0 Å². The Kier molecular flexibility index (Phi) is 2.18. The highest BCUT2D eigenvalue weighted by atomic mass is 15.4. The largest absolute Gasteiger partial charge is 0.367 e. The number of hydrogen-bond donors (Lipinski definition) is 1. The van der Waals surface area contributed by atoms with Gasteiger partial charge in [0, 0.05) is 18.9 Å². The van der Waals surface area contributed by atoms with Crippen LogP contribution in [0.5, 0.6) is 0 Å². The van der Waals surface area contributed by atoms with E-state index in [1.54, 1.807) is 17.2 Å². The third kappa shape index (κ3) is 1.73. The van der Waals surface area contributed by atoms with Gasteiger partial charge in [-0.1, -0.05) is 0 Å². The zero-order valence-corrected chi connectivity index (χ0v) is 7.96. The summed E-state index contributed by atoms with van der Waals surface area (Å²) in [5.74, 6) is 1.31. The first-order valence-electron chi connectivity index (χ1n) is 4.38. The number of anilines is 1. The highest BCUT2D eigenvalue weighted by Crippen LogP contribution is 1.97. The molecule has 0 aliphatic heterocycles. The second kappa shape index (κ2) is 3.49. The SMILES string of the molecule is Cc1nccn1CCn1cnc(N)n1. The van der Waals surface area contributed by atoms with Crippen molar-refractivity contribution in [1.29, 1.82) is 0 Å². The van der Waals surface area contributed by atoms with Gasteiger partial charge in [0.1, 0.15) is 12.2 Å². The third-order valence-electron chi connectivity index (χ3n) is 2.05. The molecule has 0 saturated carbocycles. The molecular formula is C8H12N6. The highest BCUT2D eigenvalue weighted by Gasteiger charge is 1.98. The molecular weight excluding hydrogens is 180 g/mol. The van der Waals surface area contributed by atoms with Gasteiger partial charge in [-0.2, -0.15) is 0 Å². The van der Waals surface area contributed by atoms with Gasteiger partial charge in [0.2, 0.25) is 5.95 Å². The van der Waals surface area contributed by atoms with Gasteiger partial charge in [-0.15, -0.1) is 5.10 Å². The molecule has 0 atom stereocenters. The second-order valence-corrected chi connectivity index (χ2v) is 3.03. The smallest absolute Gasteiger partial charge is 0.239 e. The third-order valence-corrected chi connectivity index (χ3v) is 2.05. The normalized spacial score (nSPS) is 10.6. The number of rotatable bonds is 3. The Morgan fingerprint density at radius 1 is 1.36 bits per heavy atom. The summed E-state index contributed by atoms with van der Waals surface area (Å²) < 4.78 is 3.77. The lowest BCUT2D eigenvalue weighted by atomic mass is 10.5. The molecule has 2 N–H and O–H groups in total. The minimum Gasteiger partial charge on any atom is -0.367 e. The van der Waals surface area contributed by atoms with E-state index in [4.69, 9.17) is 5.73 Å². The molecule has 0 fully saturated rings. The predicted octanol–water partition coefficient (Wildman–Crippen LogP) is 0.0654. The Labute approximate surface area is 81.4 Å². The van der Waals surface area contributed by atoms with E-state index in [1.807, 2.05) is 13.1 Å². The summed E-state index contributed by atoms with van der Waals surface area (Å²) in [6, 6.07) is 0. The van der Waals surface area contributed by atoms with Crippen molar-refractivity contribution in [3.8, 4) is 0 Å². The van der Waals surface area contributed by atoms with E-state index < -0.39 is 0 Å². The van der Waals surface area contributed by atoms with Crippen molar-refractivity contribution < 1.29 is 0 Å². The molecule has 0 amide bonds. The lowest BCUT2D eigenvalue weighted by molar-refractivity contribution is 0.526. The number of nitrogens with zero attached hydrogens (tertiary/aromatic N) is 5. The predicted molar refractivity (Wildman–Crippen MR) is 51.4 cm³/mol. The minimum absolute atomic E-state index is 0.312.